The highest BCUT2D eigenvalue weighted by molar-refractivity contribution is 5.94. The molecule has 1 unspecified atom stereocenters. The van der Waals surface area contributed by atoms with E-state index in [2.05, 4.69) is 15.4 Å². The van der Waals surface area contributed by atoms with Gasteiger partial charge in [0.15, 0.2) is 0 Å². The van der Waals surface area contributed by atoms with Gasteiger partial charge in [0.2, 0.25) is 5.95 Å². The van der Waals surface area contributed by atoms with E-state index in [0.717, 1.165) is 4.68 Å². The van der Waals surface area contributed by atoms with Crippen LogP contribution in [0.25, 0.3) is 0 Å². The van der Waals surface area contributed by atoms with Crippen molar-refractivity contribution in [3.05, 3.63) is 46.7 Å². The van der Waals surface area contributed by atoms with Gasteiger partial charge in [0, 0.05) is 5.70 Å². The number of aromatic nitrogens is 3. The van der Waals surface area contributed by atoms with Gasteiger partial charge < -0.3 is 10.4 Å². The number of aliphatic carboxylic acids is 1. The number of nitrogens with one attached hydrogen (secondary N) is 2. The Morgan fingerprint density at radius 2 is 1.96 bits per heavy atom. The van der Waals surface area contributed by atoms with Gasteiger partial charge in [-0.1, -0.05) is 12.1 Å². The molecule has 0 saturated carbocycles. The molecule has 0 spiro atoms. The molecule has 1 aliphatic rings. The Kier molecular flexibility index (Phi) is 4.52. The first-order valence-electron chi connectivity index (χ1n) is 7.67. The van der Waals surface area contributed by atoms with Crippen molar-refractivity contribution in [3.8, 4) is 6.07 Å². The van der Waals surface area contributed by atoms with Crippen LogP contribution in [0, 0.1) is 11.3 Å². The smallest absolute Gasteiger partial charge is 0.471 e. The number of hydrogen-bond donors (Lipinski definition) is 3. The lowest BCUT2D eigenvalue weighted by Crippen LogP contribution is -2.30. The molecule has 144 valence electrons. The largest absolute Gasteiger partial charge is 0.478 e. The molecule has 2 heterocycles. The van der Waals surface area contributed by atoms with Gasteiger partial charge in [-0.3, -0.25) is 10.1 Å². The summed E-state index contributed by atoms with van der Waals surface area (Å²) in [7, 11) is 0. The maximum atomic E-state index is 12.5. The molecule has 12 heteroatoms. The number of nitriles is 1. The minimum atomic E-state index is -5.13. The molecule has 0 fully saturated rings. The van der Waals surface area contributed by atoms with Gasteiger partial charge in [0.25, 0.3) is 5.95 Å². The molecule has 0 aliphatic carbocycles. The quantitative estimate of drug-likeness (QED) is 0.728. The van der Waals surface area contributed by atoms with E-state index >= 15 is 0 Å². The minimum absolute atomic E-state index is 0.0469. The lowest BCUT2D eigenvalue weighted by molar-refractivity contribution is -0.167. The highest BCUT2D eigenvalue weighted by atomic mass is 19.4. The second-order valence-corrected chi connectivity index (χ2v) is 5.76. The molecule has 3 N–H and O–H groups in total. The monoisotopic (exact) mass is 392 g/mol. The molecule has 1 atom stereocenters. The summed E-state index contributed by atoms with van der Waals surface area (Å²) in [6, 6.07) is 6.84. The van der Waals surface area contributed by atoms with Crippen LogP contribution in [0.2, 0.25) is 0 Å². The molecule has 2 aromatic rings. The third-order valence-electron chi connectivity index (χ3n) is 3.92. The van der Waals surface area contributed by atoms with E-state index in [0.29, 0.717) is 11.1 Å². The summed E-state index contributed by atoms with van der Waals surface area (Å²) in [6.07, 6.45) is -5.13. The van der Waals surface area contributed by atoms with E-state index in [1.54, 1.807) is 0 Å². The summed E-state index contributed by atoms with van der Waals surface area (Å²) < 4.78 is 38.4. The fourth-order valence-corrected chi connectivity index (χ4v) is 2.70. The van der Waals surface area contributed by atoms with Gasteiger partial charge >= 0.3 is 18.1 Å². The summed E-state index contributed by atoms with van der Waals surface area (Å²) in [5.74, 6) is -4.22. The Labute approximate surface area is 155 Å². The second-order valence-electron chi connectivity index (χ2n) is 5.76. The van der Waals surface area contributed by atoms with Crippen molar-refractivity contribution in [2.45, 2.75) is 19.1 Å². The number of hydrogen-bond acceptors (Lipinski definition) is 6. The lowest BCUT2D eigenvalue weighted by Gasteiger charge is -2.27. The van der Waals surface area contributed by atoms with Gasteiger partial charge in [-0.05, 0) is 24.6 Å². The fraction of sp³-hybridized carbons (Fsp3) is 0.188. The molecule has 1 aromatic carbocycles. The van der Waals surface area contributed by atoms with Gasteiger partial charge in [-0.25, -0.2) is 9.48 Å². The van der Waals surface area contributed by atoms with Crippen molar-refractivity contribution in [1.82, 2.24) is 14.8 Å². The standard InChI is InChI=1S/C16H11F3N6O3/c1-7-10(12(26)27)11(9-4-2-8(6-20)3-5-9)25-15(21-7)23-14(24-25)22-13(28)16(17,18)19/h2-5,11H,1H3,(H,26,27)(H2,21,22,23,24,28). The fourth-order valence-electron chi connectivity index (χ4n) is 2.70. The summed E-state index contributed by atoms with van der Waals surface area (Å²) in [6.45, 7) is 1.46. The predicted octanol–water partition coefficient (Wildman–Crippen LogP) is 2.02. The molecule has 0 radical (unpaired) electrons. The SMILES string of the molecule is CC1=C(C(=O)O)C(c2ccc(C#N)cc2)n2nc(NC(=O)C(F)(F)F)nc2N1. The average molecular weight is 392 g/mol. The zero-order valence-corrected chi connectivity index (χ0v) is 14.1. The predicted molar refractivity (Wildman–Crippen MR) is 88.0 cm³/mol. The normalized spacial score (nSPS) is 16.0. The zero-order chi connectivity index (χ0) is 20.6. The number of allylic oxidation sites excluding steroid dienone is 1. The Morgan fingerprint density at radius 1 is 1.32 bits per heavy atom. The average Bonchev–Trinajstić information content (AvgIpc) is 3.01. The van der Waals surface area contributed by atoms with E-state index in [1.807, 2.05) is 6.07 Å². The van der Waals surface area contributed by atoms with Crippen molar-refractivity contribution in [1.29, 1.82) is 5.26 Å². The summed E-state index contributed by atoms with van der Waals surface area (Å²) in [5.41, 5.74) is 0.843. The number of halogens is 3. The minimum Gasteiger partial charge on any atom is -0.478 e. The van der Waals surface area contributed by atoms with Crippen LogP contribution in [0.1, 0.15) is 24.1 Å². The zero-order valence-electron chi connectivity index (χ0n) is 14.1. The van der Waals surface area contributed by atoms with Crippen LogP contribution in [0.4, 0.5) is 25.1 Å². The number of rotatable bonds is 3. The number of carboxylic acids is 1. The van der Waals surface area contributed by atoms with E-state index < -0.39 is 30.0 Å². The van der Waals surface area contributed by atoms with Crippen LogP contribution in [-0.4, -0.2) is 37.9 Å². The molecule has 1 aliphatic heterocycles. The number of carbonyl (C=O) groups is 2. The number of anilines is 2. The van der Waals surface area contributed by atoms with Crippen molar-refractivity contribution in [3.63, 3.8) is 0 Å². The van der Waals surface area contributed by atoms with E-state index in [-0.39, 0.29) is 17.2 Å². The van der Waals surface area contributed by atoms with E-state index in [9.17, 15) is 27.9 Å². The molecule has 0 bridgehead atoms. The number of carboxylic acid groups (broad SMARTS) is 1. The number of carbonyl (C=O) groups excluding carboxylic acids is 1. The third-order valence-corrected chi connectivity index (χ3v) is 3.92. The maximum absolute atomic E-state index is 12.5. The molecule has 0 saturated heterocycles. The molecule has 28 heavy (non-hydrogen) atoms. The third kappa shape index (κ3) is 3.37. The molecule has 1 amide bonds. The number of alkyl halides is 3. The Bertz CT molecular complexity index is 1030. The van der Waals surface area contributed by atoms with Crippen LogP contribution >= 0.6 is 0 Å². The molecule has 3 rings (SSSR count). The van der Waals surface area contributed by atoms with Crippen LogP contribution in [0.3, 0.4) is 0 Å². The van der Waals surface area contributed by atoms with Crippen molar-refractivity contribution in [2.24, 2.45) is 0 Å². The molecular formula is C16H11F3N6O3. The number of amides is 1. The van der Waals surface area contributed by atoms with Crippen LogP contribution in [-0.2, 0) is 9.59 Å². The van der Waals surface area contributed by atoms with Gasteiger partial charge in [0.05, 0.1) is 17.2 Å². The highest BCUT2D eigenvalue weighted by Crippen LogP contribution is 2.35. The first kappa shape index (κ1) is 18.9. The Balaban J connectivity index is 2.07. The first-order valence-corrected chi connectivity index (χ1v) is 7.67. The van der Waals surface area contributed by atoms with Crippen molar-refractivity contribution >= 4 is 23.8 Å². The molecule has 1 aromatic heterocycles. The molecular weight excluding hydrogens is 381 g/mol. The Hall–Kier alpha value is -3.88. The van der Waals surface area contributed by atoms with Crippen LogP contribution in [0.15, 0.2) is 35.5 Å². The Morgan fingerprint density at radius 3 is 2.50 bits per heavy atom. The maximum Gasteiger partial charge on any atom is 0.471 e. The summed E-state index contributed by atoms with van der Waals surface area (Å²) in [5, 5.41) is 26.5. The number of benzene rings is 1. The highest BCUT2D eigenvalue weighted by Gasteiger charge is 2.40. The van der Waals surface area contributed by atoms with E-state index in [4.69, 9.17) is 5.26 Å². The van der Waals surface area contributed by atoms with E-state index in [1.165, 1.54) is 36.5 Å². The van der Waals surface area contributed by atoms with Crippen molar-refractivity contribution in [2.75, 3.05) is 10.6 Å². The second kappa shape index (κ2) is 6.69. The number of fused-ring (bicyclic) bond motifs is 1. The summed E-state index contributed by atoms with van der Waals surface area (Å²) >= 11 is 0. The van der Waals surface area contributed by atoms with Crippen molar-refractivity contribution < 1.29 is 27.9 Å². The van der Waals surface area contributed by atoms with Gasteiger partial charge in [-0.2, -0.15) is 23.4 Å². The molecule has 9 nitrogen and oxygen atoms in total. The van der Waals surface area contributed by atoms with Crippen LogP contribution < -0.4 is 10.6 Å². The lowest BCUT2D eigenvalue weighted by atomic mass is 9.95. The van der Waals surface area contributed by atoms with Crippen LogP contribution in [0.5, 0.6) is 0 Å². The van der Waals surface area contributed by atoms with Gasteiger partial charge in [0.1, 0.15) is 6.04 Å². The summed E-state index contributed by atoms with van der Waals surface area (Å²) in [4.78, 5) is 26.7. The topological polar surface area (TPSA) is 133 Å². The van der Waals surface area contributed by atoms with Gasteiger partial charge in [-0.15, -0.1) is 5.10 Å². The number of nitrogens with zero attached hydrogens (tertiary/aromatic N) is 4. The first-order chi connectivity index (χ1) is 13.1.